The number of alkyl carbamates (subject to hydrolysis) is 1. The Hall–Kier alpha value is -5.05. The van der Waals surface area contributed by atoms with Gasteiger partial charge in [0.1, 0.15) is 6.04 Å². The highest BCUT2D eigenvalue weighted by atomic mass is 16.5. The summed E-state index contributed by atoms with van der Waals surface area (Å²) in [5.41, 5.74) is 9.34. The van der Waals surface area contributed by atoms with Crippen LogP contribution >= 0.6 is 0 Å². The third-order valence-electron chi connectivity index (χ3n) is 13.7. The summed E-state index contributed by atoms with van der Waals surface area (Å²) in [5.74, 6) is 0.0727. The van der Waals surface area contributed by atoms with E-state index in [4.69, 9.17) is 4.74 Å². The zero-order chi connectivity index (χ0) is 44.9. The molecule has 5 atom stereocenters. The first-order chi connectivity index (χ1) is 29.5. The number of Topliss-reactive ketones (excluding diaryl/α,β-unsaturated/α-hetero) is 2. The van der Waals surface area contributed by atoms with Crippen molar-refractivity contribution in [3.63, 3.8) is 0 Å². The minimum absolute atomic E-state index is 0.000627. The maximum Gasteiger partial charge on any atom is 0.407 e. The molecule has 332 valence electrons. The number of nitrogens with one attached hydrogen (secondary N) is 1. The highest BCUT2D eigenvalue weighted by Gasteiger charge is 2.39. The van der Waals surface area contributed by atoms with E-state index in [1.54, 1.807) is 4.90 Å². The van der Waals surface area contributed by atoms with E-state index in [1.165, 1.54) is 34.9 Å². The van der Waals surface area contributed by atoms with Crippen LogP contribution in [0.2, 0.25) is 0 Å². The Kier molecular flexibility index (Phi) is 15.0. The molecule has 0 bridgehead atoms. The summed E-state index contributed by atoms with van der Waals surface area (Å²) < 4.78 is 4.77. The number of carbonyl (C=O) groups is 5. The van der Waals surface area contributed by atoms with Crippen molar-refractivity contribution in [2.24, 2.45) is 17.8 Å². The molecule has 1 aliphatic carbocycles. The third kappa shape index (κ3) is 10.6. The number of likely N-dealkylation sites (tertiary alicyclic amines) is 2. The van der Waals surface area contributed by atoms with Gasteiger partial charge in [-0.2, -0.15) is 0 Å². The van der Waals surface area contributed by atoms with Gasteiger partial charge in [0.2, 0.25) is 11.8 Å². The van der Waals surface area contributed by atoms with Gasteiger partial charge in [0, 0.05) is 37.8 Å². The van der Waals surface area contributed by atoms with Gasteiger partial charge in [0.15, 0.2) is 11.6 Å². The van der Waals surface area contributed by atoms with Gasteiger partial charge >= 0.3 is 6.09 Å². The predicted molar refractivity (Wildman–Crippen MR) is 246 cm³/mol. The van der Waals surface area contributed by atoms with Gasteiger partial charge in [-0.1, -0.05) is 128 Å². The van der Waals surface area contributed by atoms with Gasteiger partial charge in [-0.25, -0.2) is 4.79 Å². The number of ketones is 2. The van der Waals surface area contributed by atoms with Crippen molar-refractivity contribution < 1.29 is 28.7 Å². The second kappa shape index (κ2) is 20.0. The molecule has 62 heavy (non-hydrogen) atoms. The van der Waals surface area contributed by atoms with Crippen LogP contribution in [0.4, 0.5) is 4.79 Å². The van der Waals surface area contributed by atoms with E-state index in [2.05, 4.69) is 113 Å². The molecule has 2 aliphatic heterocycles. The Bertz CT molecular complexity index is 2110. The summed E-state index contributed by atoms with van der Waals surface area (Å²) >= 11 is 0. The molecule has 2 heterocycles. The molecular formula is C53H69N3O6. The Balaban J connectivity index is 1.23. The van der Waals surface area contributed by atoms with Crippen molar-refractivity contribution in [3.05, 3.63) is 106 Å². The molecule has 6 rings (SSSR count). The molecule has 3 aromatic carbocycles. The Morgan fingerprint density at radius 1 is 0.661 bits per heavy atom. The average Bonchev–Trinajstić information content (AvgIpc) is 3.96. The van der Waals surface area contributed by atoms with E-state index < -0.39 is 18.2 Å². The summed E-state index contributed by atoms with van der Waals surface area (Å²) in [4.78, 5) is 69.9. The summed E-state index contributed by atoms with van der Waals surface area (Å²) in [6.45, 7) is 17.7. The number of ether oxygens (including phenoxy) is 1. The van der Waals surface area contributed by atoms with E-state index in [1.807, 2.05) is 25.7 Å². The first kappa shape index (κ1) is 46.5. The maximum absolute atomic E-state index is 13.8. The van der Waals surface area contributed by atoms with Crippen LogP contribution in [0.3, 0.4) is 0 Å². The van der Waals surface area contributed by atoms with Crippen LogP contribution < -0.4 is 5.32 Å². The maximum atomic E-state index is 13.8. The van der Waals surface area contributed by atoms with Crippen LogP contribution in [0.25, 0.3) is 11.1 Å². The number of carbonyl (C=O) groups excluding carboxylic acids is 5. The van der Waals surface area contributed by atoms with Crippen molar-refractivity contribution in [2.45, 2.75) is 143 Å². The average molecular weight is 844 g/mol. The smallest absolute Gasteiger partial charge is 0.407 e. The Morgan fingerprint density at radius 3 is 1.68 bits per heavy atom. The minimum atomic E-state index is -0.770. The fraction of sp³-hybridized carbons (Fsp3) is 0.528. The molecule has 3 unspecified atom stereocenters. The van der Waals surface area contributed by atoms with E-state index in [0.29, 0.717) is 25.9 Å². The molecule has 9 heteroatoms. The zero-order valence-corrected chi connectivity index (χ0v) is 38.6. The van der Waals surface area contributed by atoms with Crippen molar-refractivity contribution in [1.82, 2.24) is 15.1 Å². The van der Waals surface area contributed by atoms with Crippen molar-refractivity contribution in [2.75, 3.05) is 20.2 Å². The number of amides is 3. The number of benzene rings is 3. The van der Waals surface area contributed by atoms with Crippen molar-refractivity contribution in [3.8, 4) is 0 Å². The molecular weight excluding hydrogens is 775 g/mol. The largest absolute Gasteiger partial charge is 0.453 e. The normalized spacial score (nSPS) is 20.4. The van der Waals surface area contributed by atoms with Crippen molar-refractivity contribution in [1.29, 1.82) is 0 Å². The molecule has 0 saturated carbocycles. The number of methoxy groups -OCH3 is 1. The van der Waals surface area contributed by atoms with E-state index in [-0.39, 0.29) is 64.9 Å². The summed E-state index contributed by atoms with van der Waals surface area (Å²) in [6, 6.07) is 24.4. The van der Waals surface area contributed by atoms with Gasteiger partial charge < -0.3 is 19.9 Å². The lowest BCUT2D eigenvalue weighted by Gasteiger charge is -2.31. The molecule has 9 nitrogen and oxygen atoms in total. The number of nitrogens with zero attached hydrogens (tertiary/aromatic N) is 2. The van der Waals surface area contributed by atoms with Gasteiger partial charge in [-0.05, 0) is 107 Å². The molecule has 2 saturated heterocycles. The molecule has 2 fully saturated rings. The number of allylic oxidation sites excluding steroid dienone is 2. The van der Waals surface area contributed by atoms with E-state index in [0.717, 1.165) is 55.2 Å². The van der Waals surface area contributed by atoms with Crippen LogP contribution in [-0.4, -0.2) is 77.6 Å². The number of hydrogen-bond donors (Lipinski definition) is 1. The first-order valence-corrected chi connectivity index (χ1v) is 23.0. The molecule has 3 aliphatic rings. The fourth-order valence-corrected chi connectivity index (χ4v) is 9.62. The topological polar surface area (TPSA) is 113 Å². The summed E-state index contributed by atoms with van der Waals surface area (Å²) in [6.07, 6.45) is 5.76. The second-order valence-corrected chi connectivity index (χ2v) is 19.7. The molecule has 0 spiro atoms. The van der Waals surface area contributed by atoms with Gasteiger partial charge in [-0.3, -0.25) is 19.2 Å². The van der Waals surface area contributed by atoms with Crippen LogP contribution in [0.1, 0.15) is 140 Å². The lowest BCUT2D eigenvalue weighted by Crippen LogP contribution is -2.53. The van der Waals surface area contributed by atoms with Crippen LogP contribution in [0.5, 0.6) is 0 Å². The van der Waals surface area contributed by atoms with E-state index in [9.17, 15) is 24.0 Å². The quantitative estimate of drug-likeness (QED) is 0.173. The predicted octanol–water partition coefficient (Wildman–Crippen LogP) is 9.74. The minimum Gasteiger partial charge on any atom is -0.453 e. The summed E-state index contributed by atoms with van der Waals surface area (Å²) in [7, 11) is 1.27. The van der Waals surface area contributed by atoms with Crippen LogP contribution in [0.15, 0.2) is 72.8 Å². The second-order valence-electron chi connectivity index (χ2n) is 19.7. The van der Waals surface area contributed by atoms with Crippen molar-refractivity contribution >= 4 is 40.6 Å². The van der Waals surface area contributed by atoms with Gasteiger partial charge in [0.25, 0.3) is 0 Å². The molecule has 0 aromatic heterocycles. The van der Waals surface area contributed by atoms with Gasteiger partial charge in [-0.15, -0.1) is 0 Å². The van der Waals surface area contributed by atoms with E-state index >= 15 is 0 Å². The molecule has 3 aromatic rings. The van der Waals surface area contributed by atoms with Crippen LogP contribution in [0, 0.1) is 17.8 Å². The molecule has 0 radical (unpaired) electrons. The lowest BCUT2D eigenvalue weighted by molar-refractivity contribution is -0.141. The SMILES string of the molecule is COC(=O)N[C@H](C(=O)N1CCCC1C(=O)Cc1ccc(C2=C(c3ccc(C(C)(C)C)cc3)C(c3ccc(CC(=O)C4CCCN4C(=O)[C@@H](C)C(C)C)cc3)CCC2)cc1)C(C)C. The number of rotatable bonds is 14. The highest BCUT2D eigenvalue weighted by molar-refractivity contribution is 5.96. The lowest BCUT2D eigenvalue weighted by atomic mass is 9.73. The zero-order valence-electron chi connectivity index (χ0n) is 38.6. The number of hydrogen-bond acceptors (Lipinski definition) is 6. The van der Waals surface area contributed by atoms with Crippen LogP contribution in [-0.2, 0) is 42.2 Å². The monoisotopic (exact) mass is 844 g/mol. The van der Waals surface area contributed by atoms with Gasteiger partial charge in [0.05, 0.1) is 19.2 Å². The standard InChI is InChI=1S/C53H69N3O6/c1-33(2)35(5)50(59)55-29-11-15-44(55)46(57)31-36-17-21-38(22-18-36)42-13-10-14-43(48(42)40-25-27-41(28-26-40)53(6,7)8)39-23-19-37(20-24-39)32-47(58)45-16-12-30-56(45)51(60)49(34(3)4)54-52(61)62-9/h17-28,33-35,42,44-45,49H,10-16,29-32H2,1-9H3,(H,54,61)/t35-,42?,44?,45?,49-/m0/s1. The summed E-state index contributed by atoms with van der Waals surface area (Å²) in [5, 5.41) is 2.66. The fourth-order valence-electron chi connectivity index (χ4n) is 9.62. The molecule has 3 amide bonds. The first-order valence-electron chi connectivity index (χ1n) is 23.0. The highest BCUT2D eigenvalue weighted by Crippen LogP contribution is 2.47. The Morgan fingerprint density at radius 2 is 1.18 bits per heavy atom. The molecule has 1 N–H and O–H groups in total. The Labute approximate surface area is 370 Å². The third-order valence-corrected chi connectivity index (χ3v) is 13.7.